The van der Waals surface area contributed by atoms with Crippen molar-refractivity contribution in [1.29, 1.82) is 5.26 Å². The molecule has 1 saturated carbocycles. The maximum Gasteiger partial charge on any atom is 0.270 e. The number of aryl methyl sites for hydroxylation is 1. The quantitative estimate of drug-likeness (QED) is 0.282. The number of aromatic nitrogens is 3. The first-order chi connectivity index (χ1) is 19.2. The Balaban J connectivity index is 0.00000118. The molecule has 0 unspecified atom stereocenters. The van der Waals surface area contributed by atoms with Crippen LogP contribution < -0.4 is 16.4 Å². The lowest BCUT2D eigenvalue weighted by molar-refractivity contribution is -0.106. The molecule has 4 N–H and O–H groups in total. The van der Waals surface area contributed by atoms with E-state index < -0.39 is 5.41 Å². The standard InChI is InChI=1S/C30H28N6O.CH3NO/c1-19-4-5-23(35-24-10-13-34-28(17-24)30(2,3)18-31)16-25(19)20-8-11-32-26(14-20)21-9-12-33-27(15-21)29(37)36-22-6-7-22;2-1-3/h4-5,8-17,22H,6-7H2,1-3H3,(H,34,35)(H,36,37);1H,(H2,2,3). The average molecular weight is 534 g/mol. The number of rotatable bonds is 7. The highest BCUT2D eigenvalue weighted by atomic mass is 16.2. The molecule has 9 nitrogen and oxygen atoms in total. The molecule has 9 heteroatoms. The molecular formula is C31H31N7O2. The van der Waals surface area contributed by atoms with E-state index in [9.17, 15) is 10.1 Å². The Morgan fingerprint density at radius 2 is 1.65 bits per heavy atom. The number of nitrogens with two attached hydrogens (primary N) is 1. The SMILES string of the molecule is Cc1ccc(Nc2ccnc(C(C)(C)C#N)c2)cc1-c1ccnc(-c2ccnc(C(=O)NC3CC3)c2)c1.NC=O. The molecule has 0 bridgehead atoms. The Morgan fingerprint density at radius 1 is 0.975 bits per heavy atom. The molecule has 0 aliphatic heterocycles. The minimum atomic E-state index is -0.672. The molecule has 0 spiro atoms. The first-order valence-electron chi connectivity index (χ1n) is 12.9. The number of nitrogens with one attached hydrogen (secondary N) is 2. The van der Waals surface area contributed by atoms with Gasteiger partial charge in [0.05, 0.1) is 22.9 Å². The van der Waals surface area contributed by atoms with Crippen LogP contribution >= 0.6 is 0 Å². The van der Waals surface area contributed by atoms with Crippen molar-refractivity contribution in [1.82, 2.24) is 20.3 Å². The van der Waals surface area contributed by atoms with E-state index in [1.807, 2.05) is 50.2 Å². The van der Waals surface area contributed by atoms with Crippen molar-refractivity contribution >= 4 is 23.7 Å². The van der Waals surface area contributed by atoms with Crippen LogP contribution in [0.4, 0.5) is 11.4 Å². The fourth-order valence-electron chi connectivity index (χ4n) is 4.04. The average Bonchev–Trinajstić information content (AvgIpc) is 3.79. The van der Waals surface area contributed by atoms with Crippen LogP contribution in [0.3, 0.4) is 0 Å². The number of pyridine rings is 3. The van der Waals surface area contributed by atoms with Crippen LogP contribution in [0.2, 0.25) is 0 Å². The summed E-state index contributed by atoms with van der Waals surface area (Å²) in [4.78, 5) is 34.2. The number of primary amides is 1. The summed E-state index contributed by atoms with van der Waals surface area (Å²) in [5.74, 6) is -0.146. The Bertz CT molecular complexity index is 1570. The molecule has 202 valence electrons. The third kappa shape index (κ3) is 6.85. The Morgan fingerprint density at radius 3 is 2.38 bits per heavy atom. The van der Waals surface area contributed by atoms with E-state index in [0.29, 0.717) is 11.4 Å². The Hall–Kier alpha value is -5.10. The topological polar surface area (TPSA) is 147 Å². The maximum atomic E-state index is 12.5. The summed E-state index contributed by atoms with van der Waals surface area (Å²) < 4.78 is 0. The second kappa shape index (κ2) is 12.2. The first-order valence-corrected chi connectivity index (χ1v) is 12.9. The lowest BCUT2D eigenvalue weighted by atomic mass is 9.90. The van der Waals surface area contributed by atoms with Crippen LogP contribution in [-0.2, 0) is 10.2 Å². The van der Waals surface area contributed by atoms with E-state index >= 15 is 0 Å². The highest BCUT2D eigenvalue weighted by Crippen LogP contribution is 2.31. The third-order valence-electron chi connectivity index (χ3n) is 6.48. The predicted molar refractivity (Wildman–Crippen MR) is 155 cm³/mol. The number of anilines is 2. The van der Waals surface area contributed by atoms with Gasteiger partial charge in [-0.05, 0) is 98.8 Å². The van der Waals surface area contributed by atoms with Gasteiger partial charge in [0.1, 0.15) is 5.69 Å². The molecule has 1 aliphatic rings. The van der Waals surface area contributed by atoms with Gasteiger partial charge in [-0.2, -0.15) is 5.26 Å². The molecule has 0 saturated heterocycles. The fourth-order valence-corrected chi connectivity index (χ4v) is 4.04. The Kier molecular flexibility index (Phi) is 8.50. The zero-order chi connectivity index (χ0) is 28.7. The zero-order valence-corrected chi connectivity index (χ0v) is 22.7. The summed E-state index contributed by atoms with van der Waals surface area (Å²) in [6, 6.07) is 20.3. The van der Waals surface area contributed by atoms with Gasteiger partial charge in [-0.3, -0.25) is 24.5 Å². The number of carbonyl (C=O) groups is 2. The number of hydrogen-bond acceptors (Lipinski definition) is 7. The molecule has 0 radical (unpaired) electrons. The van der Waals surface area contributed by atoms with Gasteiger partial charge in [-0.1, -0.05) is 6.07 Å². The molecule has 4 aromatic rings. The van der Waals surface area contributed by atoms with Gasteiger partial charge < -0.3 is 16.4 Å². The van der Waals surface area contributed by atoms with Crippen molar-refractivity contribution in [2.75, 3.05) is 5.32 Å². The monoisotopic (exact) mass is 533 g/mol. The lowest BCUT2D eigenvalue weighted by Gasteiger charge is -2.16. The van der Waals surface area contributed by atoms with Crippen molar-refractivity contribution in [3.63, 3.8) is 0 Å². The number of amides is 2. The van der Waals surface area contributed by atoms with Crippen LogP contribution in [0, 0.1) is 18.3 Å². The van der Waals surface area contributed by atoms with Crippen LogP contribution in [-0.4, -0.2) is 33.3 Å². The minimum absolute atomic E-state index is 0.146. The summed E-state index contributed by atoms with van der Waals surface area (Å²) in [6.07, 6.45) is 7.46. The van der Waals surface area contributed by atoms with Crippen molar-refractivity contribution in [2.24, 2.45) is 5.73 Å². The molecule has 0 atom stereocenters. The molecule has 5 rings (SSSR count). The summed E-state index contributed by atoms with van der Waals surface area (Å²) in [5.41, 5.74) is 11.2. The minimum Gasteiger partial charge on any atom is -0.372 e. The second-order valence-corrected chi connectivity index (χ2v) is 10.1. The number of nitrogens with zero attached hydrogens (tertiary/aromatic N) is 4. The number of benzene rings is 1. The highest BCUT2D eigenvalue weighted by Gasteiger charge is 2.24. The summed E-state index contributed by atoms with van der Waals surface area (Å²) in [5, 5.41) is 15.9. The van der Waals surface area contributed by atoms with E-state index in [0.717, 1.165) is 52.2 Å². The summed E-state index contributed by atoms with van der Waals surface area (Å²) in [6.45, 7) is 5.79. The van der Waals surface area contributed by atoms with Crippen molar-refractivity contribution < 1.29 is 9.59 Å². The van der Waals surface area contributed by atoms with Crippen LogP contribution in [0.25, 0.3) is 22.4 Å². The Labute approximate surface area is 233 Å². The van der Waals surface area contributed by atoms with E-state index in [1.54, 1.807) is 24.7 Å². The lowest BCUT2D eigenvalue weighted by Crippen LogP contribution is -2.26. The van der Waals surface area contributed by atoms with E-state index in [1.165, 1.54) is 0 Å². The number of carbonyl (C=O) groups excluding carboxylic acids is 2. The largest absolute Gasteiger partial charge is 0.372 e. The summed E-state index contributed by atoms with van der Waals surface area (Å²) in [7, 11) is 0. The first kappa shape index (κ1) is 27.9. The van der Waals surface area contributed by atoms with E-state index in [-0.39, 0.29) is 18.4 Å². The van der Waals surface area contributed by atoms with Crippen LogP contribution in [0.5, 0.6) is 0 Å². The molecule has 1 fully saturated rings. The van der Waals surface area contributed by atoms with Crippen LogP contribution in [0.15, 0.2) is 73.2 Å². The van der Waals surface area contributed by atoms with Gasteiger partial charge in [0.25, 0.3) is 5.91 Å². The molecule has 1 aromatic carbocycles. The number of nitriles is 1. The zero-order valence-electron chi connectivity index (χ0n) is 22.7. The van der Waals surface area contributed by atoms with Crippen molar-refractivity contribution in [2.45, 2.75) is 45.1 Å². The molecule has 40 heavy (non-hydrogen) atoms. The molecular weight excluding hydrogens is 502 g/mol. The molecule has 1 aliphatic carbocycles. The smallest absolute Gasteiger partial charge is 0.270 e. The van der Waals surface area contributed by atoms with Gasteiger partial charge in [0.2, 0.25) is 6.41 Å². The second-order valence-electron chi connectivity index (χ2n) is 10.1. The van der Waals surface area contributed by atoms with Crippen LogP contribution in [0.1, 0.15) is 48.4 Å². The van der Waals surface area contributed by atoms with Gasteiger partial charge in [0, 0.05) is 41.6 Å². The molecule has 3 heterocycles. The molecule has 3 aromatic heterocycles. The predicted octanol–water partition coefficient (Wildman–Crippen LogP) is 5.05. The van der Waals surface area contributed by atoms with E-state index in [4.69, 9.17) is 4.79 Å². The third-order valence-corrected chi connectivity index (χ3v) is 6.48. The van der Waals surface area contributed by atoms with Gasteiger partial charge in [0.15, 0.2) is 0 Å². The van der Waals surface area contributed by atoms with E-state index in [2.05, 4.69) is 56.4 Å². The molecule has 2 amide bonds. The highest BCUT2D eigenvalue weighted by molar-refractivity contribution is 5.93. The fraction of sp³-hybridized carbons (Fsp3) is 0.226. The van der Waals surface area contributed by atoms with Gasteiger partial charge in [-0.15, -0.1) is 0 Å². The maximum absolute atomic E-state index is 12.5. The van der Waals surface area contributed by atoms with Gasteiger partial charge in [-0.25, -0.2) is 0 Å². The normalized spacial score (nSPS) is 12.3. The van der Waals surface area contributed by atoms with Crippen molar-refractivity contribution in [3.8, 4) is 28.5 Å². The van der Waals surface area contributed by atoms with Crippen molar-refractivity contribution in [3.05, 3.63) is 90.1 Å². The number of hydrogen-bond donors (Lipinski definition) is 3. The summed E-state index contributed by atoms with van der Waals surface area (Å²) >= 11 is 0. The van der Waals surface area contributed by atoms with Gasteiger partial charge >= 0.3 is 0 Å².